The van der Waals surface area contributed by atoms with E-state index < -0.39 is 11.6 Å². The first-order valence-electron chi connectivity index (χ1n) is 5.24. The number of nitrogens with one attached hydrogen (secondary N) is 1. The van der Waals surface area contributed by atoms with Crippen molar-refractivity contribution in [2.75, 3.05) is 5.32 Å². The summed E-state index contributed by atoms with van der Waals surface area (Å²) in [5, 5.41) is 2.90. The number of rotatable bonds is 3. The van der Waals surface area contributed by atoms with Gasteiger partial charge in [0.25, 0.3) is 0 Å². The summed E-state index contributed by atoms with van der Waals surface area (Å²) in [6.07, 6.45) is 3.46. The average Bonchev–Trinajstić information content (AvgIpc) is 2.28. The molecule has 2 aromatic rings. The first-order chi connectivity index (χ1) is 8.15. The molecule has 17 heavy (non-hydrogen) atoms. The van der Waals surface area contributed by atoms with E-state index in [-0.39, 0.29) is 5.69 Å². The van der Waals surface area contributed by atoms with Crippen LogP contribution in [0.2, 0.25) is 0 Å². The number of nitrogens with zero attached hydrogens (tertiary/aromatic N) is 1. The number of aryl methyl sites for hydroxylation is 1. The minimum atomic E-state index is -0.592. The van der Waals surface area contributed by atoms with Gasteiger partial charge in [-0.3, -0.25) is 4.98 Å². The standard InChI is InChI=1S/C13H12F2N2/c1-9-4-10(7-16-6-9)8-17-13-3-2-11(14)5-12(13)15/h2-7,17H,8H2,1H3. The highest BCUT2D eigenvalue weighted by Gasteiger charge is 2.03. The van der Waals surface area contributed by atoms with E-state index in [4.69, 9.17) is 0 Å². The summed E-state index contributed by atoms with van der Waals surface area (Å²) < 4.78 is 26.0. The van der Waals surface area contributed by atoms with E-state index in [0.29, 0.717) is 6.54 Å². The van der Waals surface area contributed by atoms with Crippen molar-refractivity contribution in [1.29, 1.82) is 0 Å². The van der Waals surface area contributed by atoms with E-state index >= 15 is 0 Å². The molecule has 4 heteroatoms. The average molecular weight is 234 g/mol. The maximum Gasteiger partial charge on any atom is 0.149 e. The number of anilines is 1. The van der Waals surface area contributed by atoms with E-state index in [1.54, 1.807) is 12.4 Å². The zero-order valence-corrected chi connectivity index (χ0v) is 9.37. The van der Waals surface area contributed by atoms with Crippen molar-refractivity contribution in [3.05, 3.63) is 59.4 Å². The topological polar surface area (TPSA) is 24.9 Å². The van der Waals surface area contributed by atoms with Crippen LogP contribution in [-0.4, -0.2) is 4.98 Å². The van der Waals surface area contributed by atoms with E-state index in [1.165, 1.54) is 12.1 Å². The second-order valence-corrected chi connectivity index (χ2v) is 3.85. The van der Waals surface area contributed by atoms with Gasteiger partial charge in [0, 0.05) is 25.0 Å². The molecule has 88 valence electrons. The predicted octanol–water partition coefficient (Wildman–Crippen LogP) is 3.28. The molecule has 1 heterocycles. The van der Waals surface area contributed by atoms with Crippen LogP contribution in [0.5, 0.6) is 0 Å². The molecular formula is C13H12F2N2. The van der Waals surface area contributed by atoms with Crippen molar-refractivity contribution in [2.24, 2.45) is 0 Å². The Hall–Kier alpha value is -1.97. The second kappa shape index (κ2) is 4.91. The largest absolute Gasteiger partial charge is 0.379 e. The molecule has 0 bridgehead atoms. The molecule has 2 rings (SSSR count). The van der Waals surface area contributed by atoms with Crippen LogP contribution in [0.25, 0.3) is 0 Å². The highest BCUT2D eigenvalue weighted by atomic mass is 19.1. The van der Waals surface area contributed by atoms with Gasteiger partial charge in [-0.2, -0.15) is 0 Å². The monoisotopic (exact) mass is 234 g/mol. The molecule has 0 radical (unpaired) electrons. The van der Waals surface area contributed by atoms with Gasteiger partial charge in [-0.15, -0.1) is 0 Å². The van der Waals surface area contributed by atoms with Crippen molar-refractivity contribution in [3.8, 4) is 0 Å². The molecule has 0 spiro atoms. The third-order valence-electron chi connectivity index (χ3n) is 2.35. The molecule has 0 saturated heterocycles. The van der Waals surface area contributed by atoms with Gasteiger partial charge < -0.3 is 5.32 Å². The van der Waals surface area contributed by atoms with E-state index in [2.05, 4.69) is 10.3 Å². The van der Waals surface area contributed by atoms with Crippen LogP contribution in [0.15, 0.2) is 36.7 Å². The van der Waals surface area contributed by atoms with Gasteiger partial charge in [0.1, 0.15) is 11.6 Å². The van der Waals surface area contributed by atoms with Crippen LogP contribution in [0.4, 0.5) is 14.5 Å². The van der Waals surface area contributed by atoms with Crippen molar-refractivity contribution in [3.63, 3.8) is 0 Å². The zero-order valence-electron chi connectivity index (χ0n) is 9.37. The van der Waals surface area contributed by atoms with Gasteiger partial charge in [-0.1, -0.05) is 6.07 Å². The molecule has 0 aliphatic heterocycles. The number of pyridine rings is 1. The van der Waals surface area contributed by atoms with E-state index in [0.717, 1.165) is 17.2 Å². The van der Waals surface area contributed by atoms with Gasteiger partial charge in [0.2, 0.25) is 0 Å². The molecule has 1 aromatic carbocycles. The lowest BCUT2D eigenvalue weighted by molar-refractivity contribution is 0.585. The third-order valence-corrected chi connectivity index (χ3v) is 2.35. The number of aromatic nitrogens is 1. The first-order valence-corrected chi connectivity index (χ1v) is 5.24. The number of hydrogen-bond donors (Lipinski definition) is 1. The predicted molar refractivity (Wildman–Crippen MR) is 62.7 cm³/mol. The molecule has 0 aliphatic rings. The van der Waals surface area contributed by atoms with Gasteiger partial charge in [-0.25, -0.2) is 8.78 Å². The summed E-state index contributed by atoms with van der Waals surface area (Å²) in [6, 6.07) is 5.42. The molecule has 0 amide bonds. The van der Waals surface area contributed by atoms with Crippen LogP contribution < -0.4 is 5.32 Å². The molecule has 0 aliphatic carbocycles. The van der Waals surface area contributed by atoms with Crippen molar-refractivity contribution in [1.82, 2.24) is 4.98 Å². The highest BCUT2D eigenvalue weighted by molar-refractivity contribution is 5.45. The zero-order chi connectivity index (χ0) is 12.3. The van der Waals surface area contributed by atoms with Crippen LogP contribution in [0, 0.1) is 18.6 Å². The molecule has 0 saturated carbocycles. The molecule has 1 aromatic heterocycles. The van der Waals surface area contributed by atoms with Crippen LogP contribution in [0.1, 0.15) is 11.1 Å². The Kier molecular flexibility index (Phi) is 3.32. The van der Waals surface area contributed by atoms with Crippen LogP contribution >= 0.6 is 0 Å². The molecule has 1 N–H and O–H groups in total. The highest BCUT2D eigenvalue weighted by Crippen LogP contribution is 2.16. The Morgan fingerprint density at radius 2 is 2.00 bits per heavy atom. The second-order valence-electron chi connectivity index (χ2n) is 3.85. The Balaban J connectivity index is 2.07. The Morgan fingerprint density at radius 1 is 1.18 bits per heavy atom. The molecule has 0 atom stereocenters. The molecule has 0 fully saturated rings. The molecule has 2 nitrogen and oxygen atoms in total. The third kappa shape index (κ3) is 3.00. The normalized spacial score (nSPS) is 10.3. The minimum Gasteiger partial charge on any atom is -0.379 e. The fourth-order valence-electron chi connectivity index (χ4n) is 1.54. The fraction of sp³-hybridized carbons (Fsp3) is 0.154. The Labute approximate surface area is 98.3 Å². The van der Waals surface area contributed by atoms with Crippen LogP contribution in [-0.2, 0) is 6.54 Å². The summed E-state index contributed by atoms with van der Waals surface area (Å²) >= 11 is 0. The van der Waals surface area contributed by atoms with Crippen molar-refractivity contribution < 1.29 is 8.78 Å². The maximum atomic E-state index is 13.3. The van der Waals surface area contributed by atoms with Crippen LogP contribution in [0.3, 0.4) is 0 Å². The van der Waals surface area contributed by atoms with Crippen molar-refractivity contribution in [2.45, 2.75) is 13.5 Å². The SMILES string of the molecule is Cc1cncc(CNc2ccc(F)cc2F)c1. The lowest BCUT2D eigenvalue weighted by atomic mass is 10.2. The lowest BCUT2D eigenvalue weighted by Crippen LogP contribution is -2.02. The smallest absolute Gasteiger partial charge is 0.149 e. The van der Waals surface area contributed by atoms with Gasteiger partial charge in [0.05, 0.1) is 5.69 Å². The summed E-state index contributed by atoms with van der Waals surface area (Å²) in [7, 11) is 0. The number of halogens is 2. The Bertz CT molecular complexity index is 527. The molecule has 0 unspecified atom stereocenters. The summed E-state index contributed by atoms with van der Waals surface area (Å²) in [5.41, 5.74) is 2.28. The molecular weight excluding hydrogens is 222 g/mol. The number of benzene rings is 1. The summed E-state index contributed by atoms with van der Waals surface area (Å²) in [6.45, 7) is 2.40. The maximum absolute atomic E-state index is 13.3. The minimum absolute atomic E-state index is 0.285. The van der Waals surface area contributed by atoms with Gasteiger partial charge in [-0.05, 0) is 30.2 Å². The Morgan fingerprint density at radius 3 is 2.71 bits per heavy atom. The first kappa shape index (κ1) is 11.5. The van der Waals surface area contributed by atoms with Crippen molar-refractivity contribution >= 4 is 5.69 Å². The number of hydrogen-bond acceptors (Lipinski definition) is 2. The van der Waals surface area contributed by atoms with E-state index in [1.807, 2.05) is 13.0 Å². The summed E-state index contributed by atoms with van der Waals surface area (Å²) in [5.74, 6) is -1.17. The fourth-order valence-corrected chi connectivity index (χ4v) is 1.54. The van der Waals surface area contributed by atoms with E-state index in [9.17, 15) is 8.78 Å². The lowest BCUT2D eigenvalue weighted by Gasteiger charge is -2.07. The van der Waals surface area contributed by atoms with Gasteiger partial charge >= 0.3 is 0 Å². The summed E-state index contributed by atoms with van der Waals surface area (Å²) in [4.78, 5) is 4.04. The quantitative estimate of drug-likeness (QED) is 0.881. The van der Waals surface area contributed by atoms with Gasteiger partial charge in [0.15, 0.2) is 0 Å².